The van der Waals surface area contributed by atoms with Gasteiger partial charge in [0.05, 0.1) is 4.75 Å². The molecule has 0 bridgehead atoms. The van der Waals surface area contributed by atoms with Crippen molar-refractivity contribution >= 4 is 28.8 Å². The predicted octanol–water partition coefficient (Wildman–Crippen LogP) is 1.52. The van der Waals surface area contributed by atoms with E-state index in [1.54, 1.807) is 0 Å². The van der Waals surface area contributed by atoms with Gasteiger partial charge in [0, 0.05) is 0 Å². The van der Waals surface area contributed by atoms with E-state index in [4.69, 9.17) is 1.12 Å². The van der Waals surface area contributed by atoms with Gasteiger partial charge in [-0.15, -0.1) is 11.6 Å². The Kier molecular flexibility index (Phi) is 3.28. The van der Waals surface area contributed by atoms with Crippen molar-refractivity contribution in [2.75, 3.05) is 6.61 Å². The fourth-order valence-electron chi connectivity index (χ4n) is 0.259. The van der Waals surface area contributed by atoms with Crippen molar-refractivity contribution in [3.8, 4) is 0 Å². The molecule has 0 aromatic heterocycles. The van der Waals surface area contributed by atoms with Gasteiger partial charge in [-0.25, -0.2) is 0 Å². The SMILES string of the molecule is [2H]SSC(C)(C)COC=O. The maximum Gasteiger partial charge on any atom is 0.293 e. The summed E-state index contributed by atoms with van der Waals surface area (Å²) in [6.45, 7) is 4.62. The molecule has 0 heterocycles. The molecule has 0 saturated heterocycles. The number of hydrogen-bond acceptors (Lipinski definition) is 4. The van der Waals surface area contributed by atoms with Crippen molar-refractivity contribution < 1.29 is 9.53 Å². The highest BCUT2D eigenvalue weighted by Crippen LogP contribution is 2.26. The molecule has 0 atom stereocenters. The summed E-state index contributed by atoms with van der Waals surface area (Å²) in [4.78, 5) is 9.77. The summed E-state index contributed by atoms with van der Waals surface area (Å²) in [5.74, 6) is 0. The lowest BCUT2D eigenvalue weighted by Crippen LogP contribution is -2.20. The van der Waals surface area contributed by atoms with Crippen LogP contribution in [0.5, 0.6) is 0 Å². The van der Waals surface area contributed by atoms with E-state index in [0.29, 0.717) is 13.1 Å². The number of thiol groups is 1. The topological polar surface area (TPSA) is 26.3 Å². The van der Waals surface area contributed by atoms with E-state index in [2.05, 4.69) is 4.74 Å². The Bertz CT molecular complexity index is 108. The summed E-state index contributed by atoms with van der Waals surface area (Å²) < 4.78 is 11.2. The summed E-state index contributed by atoms with van der Waals surface area (Å²) >= 11 is 0.930. The van der Waals surface area contributed by atoms with Gasteiger partial charge in [-0.1, -0.05) is 10.8 Å². The molecule has 0 fully saturated rings. The molecule has 4 heteroatoms. The molecular weight excluding hydrogens is 156 g/mol. The normalized spacial score (nSPS) is 12.4. The highest BCUT2D eigenvalue weighted by Gasteiger charge is 2.16. The lowest BCUT2D eigenvalue weighted by Gasteiger charge is -2.18. The van der Waals surface area contributed by atoms with Gasteiger partial charge in [0.25, 0.3) is 6.47 Å². The van der Waals surface area contributed by atoms with E-state index in [9.17, 15) is 4.79 Å². The van der Waals surface area contributed by atoms with Gasteiger partial charge in [0.1, 0.15) is 7.73 Å². The molecule has 2 nitrogen and oxygen atoms in total. The summed E-state index contributed by atoms with van der Waals surface area (Å²) in [5.41, 5.74) is 0. The van der Waals surface area contributed by atoms with Crippen LogP contribution in [-0.2, 0) is 9.53 Å². The van der Waals surface area contributed by atoms with Crippen LogP contribution in [0.3, 0.4) is 0 Å². The van der Waals surface area contributed by atoms with Crippen LogP contribution >= 0.6 is 22.4 Å². The van der Waals surface area contributed by atoms with Crippen molar-refractivity contribution in [1.29, 1.82) is 1.12 Å². The first-order chi connectivity index (χ1) is 4.62. The second-order valence-electron chi connectivity index (χ2n) is 2.25. The van der Waals surface area contributed by atoms with E-state index in [0.717, 1.165) is 11.6 Å². The Morgan fingerprint density at radius 2 is 2.67 bits per heavy atom. The van der Waals surface area contributed by atoms with Crippen LogP contribution in [0.1, 0.15) is 13.8 Å². The third-order valence-electron chi connectivity index (χ3n) is 0.725. The first kappa shape index (κ1) is 7.28. The summed E-state index contributed by atoms with van der Waals surface area (Å²) in [7, 11) is 1.37. The predicted molar refractivity (Wildman–Crippen MR) is 42.7 cm³/mol. The minimum Gasteiger partial charge on any atom is -0.466 e. The number of hydrogen-bond donors (Lipinski definition) is 1. The highest BCUT2D eigenvalue weighted by molar-refractivity contribution is 8.69. The molecule has 0 amide bonds. The van der Waals surface area contributed by atoms with Crippen LogP contribution < -0.4 is 0 Å². The van der Waals surface area contributed by atoms with E-state index in [1.807, 2.05) is 13.8 Å². The highest BCUT2D eigenvalue weighted by atomic mass is 33.1. The molecule has 0 saturated carbocycles. The van der Waals surface area contributed by atoms with E-state index in [1.165, 1.54) is 10.8 Å². The molecule has 0 aliphatic carbocycles. The Labute approximate surface area is 65.2 Å². The minimum absolute atomic E-state index is 0.159. The average molecular weight is 167 g/mol. The second kappa shape index (κ2) is 4.06. The van der Waals surface area contributed by atoms with Crippen LogP contribution in [0, 0.1) is 0 Å². The zero-order valence-corrected chi connectivity index (χ0v) is 7.05. The summed E-state index contributed by atoms with van der Waals surface area (Å²) in [6, 6.07) is 0. The molecule has 0 aliphatic heterocycles. The molecule has 0 aromatic rings. The zero-order chi connectivity index (χ0) is 8.04. The lowest BCUT2D eigenvalue weighted by atomic mass is 10.2. The van der Waals surface area contributed by atoms with Crippen LogP contribution in [0.25, 0.3) is 0 Å². The van der Waals surface area contributed by atoms with E-state index >= 15 is 0 Å². The maximum atomic E-state index is 9.77. The number of carbonyl (C=O) groups is 1. The molecule has 0 unspecified atom stereocenters. The molecule has 9 heavy (non-hydrogen) atoms. The largest absolute Gasteiger partial charge is 0.466 e. The Morgan fingerprint density at radius 1 is 2.00 bits per heavy atom. The van der Waals surface area contributed by atoms with Crippen molar-refractivity contribution in [3.63, 3.8) is 0 Å². The van der Waals surface area contributed by atoms with Gasteiger partial charge in [-0.05, 0) is 13.8 Å². The molecule has 0 aliphatic rings. The first-order valence-electron chi connectivity index (χ1n) is 2.89. The van der Waals surface area contributed by atoms with Gasteiger partial charge in [-0.3, -0.25) is 4.79 Å². The van der Waals surface area contributed by atoms with Crippen LogP contribution in [0.4, 0.5) is 0 Å². The van der Waals surface area contributed by atoms with Crippen molar-refractivity contribution in [3.05, 3.63) is 0 Å². The minimum atomic E-state index is -0.159. The lowest BCUT2D eigenvalue weighted by molar-refractivity contribution is -0.129. The Hall–Kier alpha value is 0.170. The van der Waals surface area contributed by atoms with Crippen molar-refractivity contribution in [1.82, 2.24) is 0 Å². The van der Waals surface area contributed by atoms with E-state index in [-0.39, 0.29) is 4.75 Å². The smallest absolute Gasteiger partial charge is 0.293 e. The first-order valence-corrected chi connectivity index (χ1v) is 4.23. The van der Waals surface area contributed by atoms with Crippen molar-refractivity contribution in [2.24, 2.45) is 0 Å². The zero-order valence-electron chi connectivity index (χ0n) is 6.42. The van der Waals surface area contributed by atoms with Gasteiger partial charge < -0.3 is 4.74 Å². The maximum absolute atomic E-state index is 9.77. The third-order valence-corrected chi connectivity index (χ3v) is 2.65. The molecule has 0 radical (unpaired) electrons. The number of rotatable bonds is 5. The Balaban J connectivity index is 3.51. The summed E-state index contributed by atoms with van der Waals surface area (Å²) in [6.07, 6.45) is 0. The van der Waals surface area contributed by atoms with Gasteiger partial charge in [0.2, 0.25) is 0 Å². The molecule has 0 rings (SSSR count). The van der Waals surface area contributed by atoms with Crippen LogP contribution in [-0.4, -0.2) is 18.9 Å². The van der Waals surface area contributed by atoms with Gasteiger partial charge in [-0.2, -0.15) is 0 Å². The molecule has 0 spiro atoms. The molecule has 0 N–H and O–H groups in total. The average Bonchev–Trinajstić information content (AvgIpc) is 1.84. The third kappa shape index (κ3) is 4.66. The van der Waals surface area contributed by atoms with Gasteiger partial charge in [0.15, 0.2) is 0 Å². The second-order valence-corrected chi connectivity index (χ2v) is 4.02. The fraction of sp³-hybridized carbons (Fsp3) is 0.800. The van der Waals surface area contributed by atoms with Crippen LogP contribution in [0.15, 0.2) is 0 Å². The molecular formula is C5H10O2S2. The standard InChI is InChI=1S/C5H10O2S2/c1-5(2,9-8)3-7-4-6/h4,8H,3H2,1-2H3/i/hD. The number of carbonyl (C=O) groups excluding carboxylic acids is 1. The van der Waals surface area contributed by atoms with E-state index < -0.39 is 0 Å². The molecule has 0 aromatic carbocycles. The summed E-state index contributed by atoms with van der Waals surface area (Å²) in [5, 5.41) is 0. The van der Waals surface area contributed by atoms with Crippen LogP contribution in [0.2, 0.25) is 0 Å². The van der Waals surface area contributed by atoms with Gasteiger partial charge >= 0.3 is 0 Å². The monoisotopic (exact) mass is 167 g/mol. The Morgan fingerprint density at radius 3 is 3.11 bits per heavy atom. The number of ether oxygens (including phenoxy) is 1. The van der Waals surface area contributed by atoms with Crippen molar-refractivity contribution in [2.45, 2.75) is 18.6 Å². The molecule has 54 valence electrons. The fourth-order valence-corrected chi connectivity index (χ4v) is 0.519. The quantitative estimate of drug-likeness (QED) is 0.382.